The molecule has 1 saturated heterocycles. The van der Waals surface area contributed by atoms with Gasteiger partial charge in [0.25, 0.3) is 0 Å². The molecule has 0 amide bonds. The Balaban J connectivity index is 2.09. The molecule has 1 aromatic heterocycles. The van der Waals surface area contributed by atoms with E-state index >= 15 is 0 Å². The summed E-state index contributed by atoms with van der Waals surface area (Å²) >= 11 is 5.18. The second-order valence-corrected chi connectivity index (χ2v) is 5.30. The van der Waals surface area contributed by atoms with Crippen LogP contribution in [0.5, 0.6) is 0 Å². The molecule has 20 heavy (non-hydrogen) atoms. The molecule has 3 rings (SSSR count). The van der Waals surface area contributed by atoms with Crippen LogP contribution >= 0.6 is 12.2 Å². The van der Waals surface area contributed by atoms with Crippen LogP contribution in [0.4, 0.5) is 5.82 Å². The van der Waals surface area contributed by atoms with Gasteiger partial charge in [-0.3, -0.25) is 0 Å². The fraction of sp³-hybridized carbons (Fsp3) is 0.333. The number of ether oxygens (including phenoxy) is 1. The maximum Gasteiger partial charge on any atom is 0.130 e. The lowest BCUT2D eigenvalue weighted by atomic mass is 10.1. The third-order valence-corrected chi connectivity index (χ3v) is 3.73. The minimum absolute atomic E-state index is 0.413. The summed E-state index contributed by atoms with van der Waals surface area (Å²) in [6.45, 7) is 3.34. The predicted octanol–water partition coefficient (Wildman–Crippen LogP) is 2.10. The lowest BCUT2D eigenvalue weighted by Crippen LogP contribution is -2.27. The van der Waals surface area contributed by atoms with Crippen molar-refractivity contribution >= 4 is 33.9 Å². The van der Waals surface area contributed by atoms with E-state index in [0.717, 1.165) is 55.0 Å². The number of nitrogens with two attached hydrogens (primary N) is 1. The van der Waals surface area contributed by atoms with Crippen LogP contribution in [0.15, 0.2) is 30.3 Å². The minimum atomic E-state index is 0.413. The fourth-order valence-corrected chi connectivity index (χ4v) is 2.67. The first kappa shape index (κ1) is 13.3. The van der Waals surface area contributed by atoms with Gasteiger partial charge in [0.15, 0.2) is 0 Å². The SMILES string of the molecule is NC(=S)c1cc(N2CCCOCC2)nc2ccccc12. The van der Waals surface area contributed by atoms with Gasteiger partial charge in [0.1, 0.15) is 10.8 Å². The van der Waals surface area contributed by atoms with Crippen LogP contribution in [0.3, 0.4) is 0 Å². The number of fused-ring (bicyclic) bond motifs is 1. The molecule has 5 heteroatoms. The van der Waals surface area contributed by atoms with Gasteiger partial charge in [0.05, 0.1) is 12.1 Å². The Labute approximate surface area is 123 Å². The summed E-state index contributed by atoms with van der Waals surface area (Å²) in [5, 5.41) is 1.01. The Kier molecular flexibility index (Phi) is 3.80. The summed E-state index contributed by atoms with van der Waals surface area (Å²) in [4.78, 5) is 7.39. The highest BCUT2D eigenvalue weighted by Crippen LogP contribution is 2.23. The van der Waals surface area contributed by atoms with Crippen molar-refractivity contribution in [2.45, 2.75) is 6.42 Å². The van der Waals surface area contributed by atoms with Crippen LogP contribution in [0, 0.1) is 0 Å². The number of benzene rings is 1. The second kappa shape index (κ2) is 5.73. The van der Waals surface area contributed by atoms with Gasteiger partial charge >= 0.3 is 0 Å². The van der Waals surface area contributed by atoms with E-state index in [0.29, 0.717) is 4.99 Å². The molecule has 0 atom stereocenters. The number of anilines is 1. The molecule has 2 N–H and O–H groups in total. The largest absolute Gasteiger partial charge is 0.389 e. The Morgan fingerprint density at radius 2 is 2.10 bits per heavy atom. The average molecular weight is 287 g/mol. The van der Waals surface area contributed by atoms with E-state index in [1.807, 2.05) is 30.3 Å². The Morgan fingerprint density at radius 1 is 1.25 bits per heavy atom. The van der Waals surface area contributed by atoms with Gasteiger partial charge in [-0.1, -0.05) is 30.4 Å². The predicted molar refractivity (Wildman–Crippen MR) is 85.3 cm³/mol. The summed E-state index contributed by atoms with van der Waals surface area (Å²) in [6, 6.07) is 9.95. The van der Waals surface area contributed by atoms with E-state index in [-0.39, 0.29) is 0 Å². The normalized spacial score (nSPS) is 16.1. The second-order valence-electron chi connectivity index (χ2n) is 4.86. The van der Waals surface area contributed by atoms with E-state index in [1.165, 1.54) is 0 Å². The summed E-state index contributed by atoms with van der Waals surface area (Å²) in [7, 11) is 0. The van der Waals surface area contributed by atoms with Crippen molar-refractivity contribution in [1.82, 2.24) is 4.98 Å². The molecule has 2 heterocycles. The van der Waals surface area contributed by atoms with E-state index in [1.54, 1.807) is 0 Å². The number of aromatic nitrogens is 1. The zero-order valence-corrected chi connectivity index (χ0v) is 12.0. The highest BCUT2D eigenvalue weighted by atomic mass is 32.1. The number of pyridine rings is 1. The molecular formula is C15H17N3OS. The van der Waals surface area contributed by atoms with Crippen LogP contribution < -0.4 is 10.6 Å². The minimum Gasteiger partial charge on any atom is -0.389 e. The highest BCUT2D eigenvalue weighted by Gasteiger charge is 2.14. The topological polar surface area (TPSA) is 51.4 Å². The Morgan fingerprint density at radius 3 is 2.95 bits per heavy atom. The highest BCUT2D eigenvalue weighted by molar-refractivity contribution is 7.80. The molecule has 4 nitrogen and oxygen atoms in total. The van der Waals surface area contributed by atoms with Crippen molar-refractivity contribution in [3.63, 3.8) is 0 Å². The maximum absolute atomic E-state index is 5.87. The van der Waals surface area contributed by atoms with Crippen molar-refractivity contribution in [3.05, 3.63) is 35.9 Å². The molecule has 2 aromatic rings. The molecule has 104 valence electrons. The summed E-state index contributed by atoms with van der Waals surface area (Å²) < 4.78 is 5.49. The van der Waals surface area contributed by atoms with Crippen molar-refractivity contribution in [3.8, 4) is 0 Å². The van der Waals surface area contributed by atoms with Crippen molar-refractivity contribution in [1.29, 1.82) is 0 Å². The fourth-order valence-electron chi connectivity index (χ4n) is 2.50. The third-order valence-electron chi connectivity index (χ3n) is 3.51. The molecule has 1 aliphatic rings. The molecule has 0 spiro atoms. The van der Waals surface area contributed by atoms with Gasteiger partial charge in [-0.2, -0.15) is 0 Å². The summed E-state index contributed by atoms with van der Waals surface area (Å²) in [6.07, 6.45) is 1.01. The first-order valence-corrected chi connectivity index (χ1v) is 7.19. The zero-order valence-electron chi connectivity index (χ0n) is 11.2. The Bertz CT molecular complexity index is 636. The Hall–Kier alpha value is -1.72. The van der Waals surface area contributed by atoms with Gasteiger partial charge in [-0.15, -0.1) is 0 Å². The number of hydrogen-bond donors (Lipinski definition) is 1. The van der Waals surface area contributed by atoms with Crippen LogP contribution in [-0.2, 0) is 4.74 Å². The van der Waals surface area contributed by atoms with Gasteiger partial charge in [0.2, 0.25) is 0 Å². The number of para-hydroxylation sites is 1. The molecule has 0 radical (unpaired) electrons. The van der Waals surface area contributed by atoms with Crippen molar-refractivity contribution in [2.75, 3.05) is 31.2 Å². The number of thiocarbonyl (C=S) groups is 1. The molecule has 1 aliphatic heterocycles. The molecule has 1 aromatic carbocycles. The van der Waals surface area contributed by atoms with E-state index in [9.17, 15) is 0 Å². The van der Waals surface area contributed by atoms with Crippen LogP contribution in [0.2, 0.25) is 0 Å². The van der Waals surface area contributed by atoms with E-state index in [2.05, 4.69) is 4.90 Å². The first-order chi connectivity index (χ1) is 9.75. The third kappa shape index (κ3) is 2.59. The summed E-state index contributed by atoms with van der Waals surface area (Å²) in [5.74, 6) is 0.928. The first-order valence-electron chi connectivity index (χ1n) is 6.78. The number of nitrogens with zero attached hydrogens (tertiary/aromatic N) is 2. The number of hydrogen-bond acceptors (Lipinski definition) is 4. The summed E-state index contributed by atoms with van der Waals surface area (Å²) in [5.41, 5.74) is 7.69. The quantitative estimate of drug-likeness (QED) is 0.857. The average Bonchev–Trinajstić information content (AvgIpc) is 2.75. The zero-order chi connectivity index (χ0) is 13.9. The molecule has 0 bridgehead atoms. The monoisotopic (exact) mass is 287 g/mol. The van der Waals surface area contributed by atoms with Crippen LogP contribution in [0.1, 0.15) is 12.0 Å². The lowest BCUT2D eigenvalue weighted by Gasteiger charge is -2.22. The standard InChI is InChI=1S/C15H17N3OS/c16-15(20)12-10-14(18-6-3-8-19-9-7-18)17-13-5-2-1-4-11(12)13/h1-2,4-5,10H,3,6-9H2,(H2,16,20). The molecule has 0 saturated carbocycles. The van der Waals surface area contributed by atoms with Gasteiger partial charge in [-0.05, 0) is 18.6 Å². The van der Waals surface area contributed by atoms with Gasteiger partial charge in [-0.25, -0.2) is 4.98 Å². The van der Waals surface area contributed by atoms with Crippen molar-refractivity contribution in [2.24, 2.45) is 5.73 Å². The molecule has 0 aliphatic carbocycles. The lowest BCUT2D eigenvalue weighted by molar-refractivity contribution is 0.152. The van der Waals surface area contributed by atoms with Gasteiger partial charge < -0.3 is 15.4 Å². The molecule has 0 unspecified atom stereocenters. The van der Waals surface area contributed by atoms with E-state index in [4.69, 9.17) is 27.7 Å². The molecule has 1 fully saturated rings. The van der Waals surface area contributed by atoms with Crippen LogP contribution in [-0.4, -0.2) is 36.3 Å². The number of rotatable bonds is 2. The maximum atomic E-state index is 5.87. The van der Waals surface area contributed by atoms with Crippen LogP contribution in [0.25, 0.3) is 10.9 Å². The smallest absolute Gasteiger partial charge is 0.130 e. The van der Waals surface area contributed by atoms with Gasteiger partial charge in [0, 0.05) is 30.6 Å². The molecular weight excluding hydrogens is 270 g/mol. The van der Waals surface area contributed by atoms with E-state index < -0.39 is 0 Å². The van der Waals surface area contributed by atoms with Crippen molar-refractivity contribution < 1.29 is 4.74 Å².